The molecule has 0 spiro atoms. The molecule has 128 valence electrons. The first-order valence-corrected chi connectivity index (χ1v) is 9.42. The fourth-order valence-corrected chi connectivity index (χ4v) is 3.80. The van der Waals surface area contributed by atoms with E-state index < -0.39 is 0 Å². The van der Waals surface area contributed by atoms with Gasteiger partial charge in [-0.2, -0.15) is 0 Å². The van der Waals surface area contributed by atoms with Crippen LogP contribution >= 0.6 is 23.4 Å². The molecule has 1 N–H and O–H groups in total. The van der Waals surface area contributed by atoms with Crippen molar-refractivity contribution >= 4 is 40.0 Å². The number of thioether (sulfide) groups is 1. The average molecular weight is 374 g/mol. The van der Waals surface area contributed by atoms with Gasteiger partial charge in [0.2, 0.25) is 5.91 Å². The van der Waals surface area contributed by atoms with Crippen LogP contribution in [0, 0.1) is 5.82 Å². The van der Waals surface area contributed by atoms with Gasteiger partial charge in [0.1, 0.15) is 5.82 Å². The van der Waals surface area contributed by atoms with Crippen molar-refractivity contribution in [3.8, 4) is 0 Å². The monoisotopic (exact) mass is 373 g/mol. The minimum Gasteiger partial charge on any atom is -0.351 e. The Morgan fingerprint density at radius 3 is 2.64 bits per heavy atom. The lowest BCUT2D eigenvalue weighted by Crippen LogP contribution is -2.24. The number of carbonyl (C=O) groups excluding carboxylic acids is 1. The third kappa shape index (κ3) is 4.53. The van der Waals surface area contributed by atoms with Crippen LogP contribution in [0.3, 0.4) is 0 Å². The minimum absolute atomic E-state index is 0.0783. The summed E-state index contributed by atoms with van der Waals surface area (Å²) in [6, 6.07) is 18.7. The first-order valence-electron chi connectivity index (χ1n) is 7.89. The molecular weight excluding hydrogens is 357 g/mol. The van der Waals surface area contributed by atoms with Crippen molar-refractivity contribution in [3.63, 3.8) is 0 Å². The fourth-order valence-electron chi connectivity index (χ4n) is 2.61. The van der Waals surface area contributed by atoms with Crippen LogP contribution in [-0.2, 0) is 17.1 Å². The summed E-state index contributed by atoms with van der Waals surface area (Å²) in [7, 11) is 0. The number of hydrogen-bond acceptors (Lipinski definition) is 2. The summed E-state index contributed by atoms with van der Waals surface area (Å²) < 4.78 is 13.7. The molecule has 0 radical (unpaired) electrons. The lowest BCUT2D eigenvalue weighted by atomic mass is 10.0. The zero-order valence-corrected chi connectivity index (χ0v) is 15.0. The molecule has 5 heteroatoms. The molecule has 0 bridgehead atoms. The van der Waals surface area contributed by atoms with Crippen LogP contribution in [0.1, 0.15) is 11.1 Å². The highest BCUT2D eigenvalue weighted by Gasteiger charge is 2.09. The van der Waals surface area contributed by atoms with Gasteiger partial charge in [0.25, 0.3) is 0 Å². The molecule has 0 unspecified atom stereocenters. The second-order valence-electron chi connectivity index (χ2n) is 5.61. The highest BCUT2D eigenvalue weighted by atomic mass is 35.5. The zero-order chi connectivity index (χ0) is 17.6. The second-order valence-corrected chi connectivity index (χ2v) is 7.00. The predicted octanol–water partition coefficient (Wildman–Crippen LogP) is 5.18. The molecule has 0 aliphatic rings. The fraction of sp³-hybridized carbons (Fsp3) is 0.150. The Hall–Kier alpha value is -2.04. The average Bonchev–Trinajstić information content (AvgIpc) is 2.62. The van der Waals surface area contributed by atoms with Crippen LogP contribution in [0.4, 0.5) is 4.39 Å². The normalized spacial score (nSPS) is 10.8. The lowest BCUT2D eigenvalue weighted by molar-refractivity contribution is -0.118. The number of benzene rings is 3. The Balaban J connectivity index is 1.53. The largest absolute Gasteiger partial charge is 0.351 e. The maximum absolute atomic E-state index is 13.7. The molecule has 3 rings (SSSR count). The number of amides is 1. The number of halogens is 2. The summed E-state index contributed by atoms with van der Waals surface area (Å²) >= 11 is 7.33. The SMILES string of the molecule is O=C(CSCc1c(F)cccc1Cl)NCc1cccc2ccccc12. The van der Waals surface area contributed by atoms with Crippen molar-refractivity contribution < 1.29 is 9.18 Å². The Morgan fingerprint density at radius 2 is 1.80 bits per heavy atom. The van der Waals surface area contributed by atoms with E-state index in [-0.39, 0.29) is 17.5 Å². The van der Waals surface area contributed by atoms with Gasteiger partial charge in [-0.1, -0.05) is 60.1 Å². The number of rotatable bonds is 6. The van der Waals surface area contributed by atoms with Gasteiger partial charge in [-0.05, 0) is 28.5 Å². The first kappa shape index (κ1) is 17.8. The van der Waals surface area contributed by atoms with Gasteiger partial charge in [-0.25, -0.2) is 4.39 Å². The van der Waals surface area contributed by atoms with Gasteiger partial charge < -0.3 is 5.32 Å². The summed E-state index contributed by atoms with van der Waals surface area (Å²) in [4.78, 5) is 12.1. The molecule has 0 heterocycles. The predicted molar refractivity (Wildman–Crippen MR) is 103 cm³/mol. The Labute approximate surface area is 155 Å². The van der Waals surface area contributed by atoms with E-state index in [1.165, 1.54) is 17.8 Å². The quantitative estimate of drug-likeness (QED) is 0.644. The number of fused-ring (bicyclic) bond motifs is 1. The first-order chi connectivity index (χ1) is 12.1. The van der Waals surface area contributed by atoms with Gasteiger partial charge in [0.15, 0.2) is 0 Å². The standard InChI is InChI=1S/C20H17ClFNOS/c21-18-9-4-10-19(22)17(18)12-25-13-20(24)23-11-15-7-3-6-14-5-1-2-8-16(14)15/h1-10H,11-13H2,(H,23,24). The summed E-state index contributed by atoms with van der Waals surface area (Å²) in [5, 5.41) is 5.60. The molecule has 25 heavy (non-hydrogen) atoms. The number of hydrogen-bond donors (Lipinski definition) is 1. The summed E-state index contributed by atoms with van der Waals surface area (Å²) in [5.41, 5.74) is 1.52. The Morgan fingerprint density at radius 1 is 1.04 bits per heavy atom. The Bertz CT molecular complexity index is 874. The van der Waals surface area contributed by atoms with Crippen LogP contribution in [0.15, 0.2) is 60.7 Å². The van der Waals surface area contributed by atoms with E-state index in [0.29, 0.717) is 22.9 Å². The van der Waals surface area contributed by atoms with Crippen molar-refractivity contribution in [1.29, 1.82) is 0 Å². The second kappa shape index (κ2) is 8.37. The van der Waals surface area contributed by atoms with Crippen molar-refractivity contribution in [1.82, 2.24) is 5.32 Å². The molecular formula is C20H17ClFNOS. The molecule has 0 saturated carbocycles. The van der Waals surface area contributed by atoms with E-state index in [1.807, 2.05) is 30.3 Å². The molecule has 0 aliphatic heterocycles. The van der Waals surface area contributed by atoms with Crippen LogP contribution < -0.4 is 5.32 Å². The summed E-state index contributed by atoms with van der Waals surface area (Å²) in [6.07, 6.45) is 0. The maximum atomic E-state index is 13.7. The van der Waals surface area contributed by atoms with Crippen molar-refractivity contribution in [2.75, 3.05) is 5.75 Å². The van der Waals surface area contributed by atoms with E-state index in [2.05, 4.69) is 17.4 Å². The van der Waals surface area contributed by atoms with Crippen LogP contribution in [-0.4, -0.2) is 11.7 Å². The van der Waals surface area contributed by atoms with Crippen molar-refractivity contribution in [3.05, 3.63) is 82.6 Å². The maximum Gasteiger partial charge on any atom is 0.230 e. The van der Waals surface area contributed by atoms with Crippen LogP contribution in [0.5, 0.6) is 0 Å². The minimum atomic E-state index is -0.337. The molecule has 1 amide bonds. The molecule has 0 aliphatic carbocycles. The molecule has 0 aromatic heterocycles. The van der Waals surface area contributed by atoms with Gasteiger partial charge in [-0.15, -0.1) is 11.8 Å². The van der Waals surface area contributed by atoms with Crippen molar-refractivity contribution in [2.24, 2.45) is 0 Å². The van der Waals surface area contributed by atoms with Crippen LogP contribution in [0.25, 0.3) is 10.8 Å². The third-order valence-electron chi connectivity index (χ3n) is 3.90. The molecule has 3 aromatic rings. The molecule has 3 aromatic carbocycles. The molecule has 2 nitrogen and oxygen atoms in total. The Kier molecular flexibility index (Phi) is 5.95. The lowest BCUT2D eigenvalue weighted by Gasteiger charge is -2.09. The topological polar surface area (TPSA) is 29.1 Å². The van der Waals surface area contributed by atoms with Crippen molar-refractivity contribution in [2.45, 2.75) is 12.3 Å². The molecule has 0 saturated heterocycles. The smallest absolute Gasteiger partial charge is 0.230 e. The van der Waals surface area contributed by atoms with Gasteiger partial charge in [0, 0.05) is 22.9 Å². The van der Waals surface area contributed by atoms with E-state index in [0.717, 1.165) is 16.3 Å². The number of carbonyl (C=O) groups is 1. The van der Waals surface area contributed by atoms with Crippen LogP contribution in [0.2, 0.25) is 5.02 Å². The van der Waals surface area contributed by atoms with Gasteiger partial charge in [0.05, 0.1) is 5.75 Å². The van der Waals surface area contributed by atoms with E-state index in [4.69, 9.17) is 11.6 Å². The highest BCUT2D eigenvalue weighted by molar-refractivity contribution is 7.99. The van der Waals surface area contributed by atoms with E-state index in [9.17, 15) is 9.18 Å². The molecule has 0 fully saturated rings. The van der Waals surface area contributed by atoms with Gasteiger partial charge >= 0.3 is 0 Å². The van der Waals surface area contributed by atoms with E-state index in [1.54, 1.807) is 12.1 Å². The summed E-state index contributed by atoms with van der Waals surface area (Å²) in [5.74, 6) is 0.212. The molecule has 0 atom stereocenters. The van der Waals surface area contributed by atoms with Gasteiger partial charge in [-0.3, -0.25) is 4.79 Å². The summed E-state index contributed by atoms with van der Waals surface area (Å²) in [6.45, 7) is 0.473. The number of nitrogens with one attached hydrogen (secondary N) is 1. The van der Waals surface area contributed by atoms with E-state index >= 15 is 0 Å². The zero-order valence-electron chi connectivity index (χ0n) is 13.5. The highest BCUT2D eigenvalue weighted by Crippen LogP contribution is 2.24. The third-order valence-corrected chi connectivity index (χ3v) is 5.21.